The zero-order valence-electron chi connectivity index (χ0n) is 20.9. The van der Waals surface area contributed by atoms with E-state index in [1.165, 1.54) is 0 Å². The second-order valence-electron chi connectivity index (χ2n) is 8.35. The number of carbonyl (C=O) groups is 2. The van der Waals surface area contributed by atoms with Crippen molar-refractivity contribution >= 4 is 23.4 Å². The Labute approximate surface area is 208 Å². The molecule has 0 aromatic heterocycles. The SMILES string of the molecule is CCOc1ccc(CCC(=O)N(Cc2ccccc2Cl)[C@@H](CC)C(=O)NC(C)C)cc1OCC. The van der Waals surface area contributed by atoms with Gasteiger partial charge in [-0.1, -0.05) is 42.8 Å². The predicted octanol–water partition coefficient (Wildman–Crippen LogP) is 5.40. The highest BCUT2D eigenvalue weighted by Crippen LogP contribution is 2.29. The van der Waals surface area contributed by atoms with Crippen molar-refractivity contribution < 1.29 is 19.1 Å². The van der Waals surface area contributed by atoms with Crippen molar-refractivity contribution in [3.05, 3.63) is 58.6 Å². The maximum Gasteiger partial charge on any atom is 0.243 e. The van der Waals surface area contributed by atoms with Crippen LogP contribution in [0, 0.1) is 0 Å². The molecule has 0 unspecified atom stereocenters. The molecule has 186 valence electrons. The van der Waals surface area contributed by atoms with E-state index in [0.717, 1.165) is 11.1 Å². The van der Waals surface area contributed by atoms with Gasteiger partial charge >= 0.3 is 0 Å². The highest BCUT2D eigenvalue weighted by molar-refractivity contribution is 6.31. The van der Waals surface area contributed by atoms with Crippen molar-refractivity contribution in [2.24, 2.45) is 0 Å². The van der Waals surface area contributed by atoms with Gasteiger partial charge in [0.05, 0.1) is 13.2 Å². The first-order valence-corrected chi connectivity index (χ1v) is 12.4. The molecule has 0 heterocycles. The number of nitrogens with one attached hydrogen (secondary N) is 1. The Hall–Kier alpha value is -2.73. The largest absolute Gasteiger partial charge is 0.490 e. The lowest BCUT2D eigenvalue weighted by Gasteiger charge is -2.31. The van der Waals surface area contributed by atoms with Gasteiger partial charge in [0.1, 0.15) is 6.04 Å². The first-order chi connectivity index (χ1) is 16.3. The van der Waals surface area contributed by atoms with Crippen LogP contribution in [-0.4, -0.2) is 42.0 Å². The minimum atomic E-state index is -0.578. The van der Waals surface area contributed by atoms with E-state index in [4.69, 9.17) is 21.1 Å². The zero-order valence-corrected chi connectivity index (χ0v) is 21.7. The van der Waals surface area contributed by atoms with Crippen LogP contribution in [-0.2, 0) is 22.6 Å². The average molecular weight is 489 g/mol. The molecule has 1 N–H and O–H groups in total. The van der Waals surface area contributed by atoms with Crippen LogP contribution >= 0.6 is 11.6 Å². The Morgan fingerprint density at radius 2 is 1.68 bits per heavy atom. The fourth-order valence-electron chi connectivity index (χ4n) is 3.76. The number of aryl methyl sites for hydroxylation is 1. The second kappa shape index (κ2) is 13.9. The summed E-state index contributed by atoms with van der Waals surface area (Å²) in [7, 11) is 0. The van der Waals surface area contributed by atoms with Gasteiger partial charge in [0.15, 0.2) is 11.5 Å². The van der Waals surface area contributed by atoms with E-state index in [-0.39, 0.29) is 30.8 Å². The Morgan fingerprint density at radius 1 is 1.00 bits per heavy atom. The number of rotatable bonds is 13. The highest BCUT2D eigenvalue weighted by Gasteiger charge is 2.29. The molecule has 0 saturated carbocycles. The molecule has 0 spiro atoms. The van der Waals surface area contributed by atoms with Crippen LogP contribution < -0.4 is 14.8 Å². The van der Waals surface area contributed by atoms with E-state index in [1.54, 1.807) is 11.0 Å². The molecule has 2 aromatic carbocycles. The summed E-state index contributed by atoms with van der Waals surface area (Å²) >= 11 is 6.38. The molecule has 0 fully saturated rings. The molecule has 6 nitrogen and oxygen atoms in total. The topological polar surface area (TPSA) is 67.9 Å². The fraction of sp³-hybridized carbons (Fsp3) is 0.481. The van der Waals surface area contributed by atoms with Crippen LogP contribution in [0.1, 0.15) is 58.6 Å². The van der Waals surface area contributed by atoms with Gasteiger partial charge in [-0.25, -0.2) is 0 Å². The summed E-state index contributed by atoms with van der Waals surface area (Å²) in [5, 5.41) is 3.52. The summed E-state index contributed by atoms with van der Waals surface area (Å²) in [6.07, 6.45) is 1.29. The molecule has 2 amide bonds. The molecular formula is C27H37ClN2O4. The molecule has 34 heavy (non-hydrogen) atoms. The summed E-state index contributed by atoms with van der Waals surface area (Å²) < 4.78 is 11.3. The van der Waals surface area contributed by atoms with Gasteiger partial charge in [0, 0.05) is 24.0 Å². The first-order valence-electron chi connectivity index (χ1n) is 12.0. The average Bonchev–Trinajstić information content (AvgIpc) is 2.80. The summed E-state index contributed by atoms with van der Waals surface area (Å²) in [6, 6.07) is 12.6. The van der Waals surface area contributed by atoms with Crippen molar-refractivity contribution in [3.8, 4) is 11.5 Å². The van der Waals surface area contributed by atoms with Crippen molar-refractivity contribution in [1.82, 2.24) is 10.2 Å². The third-order valence-corrected chi connectivity index (χ3v) is 5.72. The standard InChI is InChI=1S/C27H37ClN2O4/c1-6-23(27(32)29-19(4)5)30(18-21-11-9-10-12-22(21)28)26(31)16-14-20-13-15-24(33-7-2)25(17-20)34-8-3/h9-13,15,17,19,23H,6-8,14,16,18H2,1-5H3,(H,29,32)/t23-/m0/s1. The molecule has 0 saturated heterocycles. The molecule has 1 atom stereocenters. The van der Waals surface area contributed by atoms with E-state index < -0.39 is 6.04 Å². The van der Waals surface area contributed by atoms with Gasteiger partial charge < -0.3 is 19.7 Å². The Balaban J connectivity index is 2.24. The first kappa shape index (κ1) is 27.5. The number of benzene rings is 2. The maximum atomic E-state index is 13.4. The summed E-state index contributed by atoms with van der Waals surface area (Å²) in [4.78, 5) is 28.0. The van der Waals surface area contributed by atoms with E-state index >= 15 is 0 Å². The van der Waals surface area contributed by atoms with Gasteiger partial charge in [-0.2, -0.15) is 0 Å². The Kier molecular flexibility index (Phi) is 11.2. The molecule has 0 aliphatic heterocycles. The lowest BCUT2D eigenvalue weighted by Crippen LogP contribution is -2.50. The number of halogens is 1. The minimum absolute atomic E-state index is 0.0142. The third-order valence-electron chi connectivity index (χ3n) is 5.35. The molecule has 0 bridgehead atoms. The molecule has 7 heteroatoms. The van der Waals surface area contributed by atoms with E-state index in [1.807, 2.05) is 71.0 Å². The van der Waals surface area contributed by atoms with Crippen LogP contribution in [0.2, 0.25) is 5.02 Å². The van der Waals surface area contributed by atoms with Gasteiger partial charge in [0.2, 0.25) is 11.8 Å². The number of amides is 2. The van der Waals surface area contributed by atoms with Crippen LogP contribution in [0.25, 0.3) is 0 Å². The molecule has 2 rings (SSSR count). The van der Waals surface area contributed by atoms with Crippen molar-refractivity contribution in [3.63, 3.8) is 0 Å². The van der Waals surface area contributed by atoms with Crippen molar-refractivity contribution in [2.75, 3.05) is 13.2 Å². The van der Waals surface area contributed by atoms with Crippen LogP contribution in [0.3, 0.4) is 0 Å². The number of hydrogen-bond donors (Lipinski definition) is 1. The Bertz CT molecular complexity index is 948. The maximum absolute atomic E-state index is 13.4. The minimum Gasteiger partial charge on any atom is -0.490 e. The molecule has 0 aliphatic rings. The summed E-state index contributed by atoms with van der Waals surface area (Å²) in [5.74, 6) is 1.11. The Morgan fingerprint density at radius 3 is 2.29 bits per heavy atom. The monoisotopic (exact) mass is 488 g/mol. The molecule has 0 radical (unpaired) electrons. The van der Waals surface area contributed by atoms with Gasteiger partial charge in [0.25, 0.3) is 0 Å². The van der Waals surface area contributed by atoms with Crippen LogP contribution in [0.15, 0.2) is 42.5 Å². The summed E-state index contributed by atoms with van der Waals surface area (Å²) in [6.45, 7) is 10.9. The van der Waals surface area contributed by atoms with Crippen molar-refractivity contribution in [1.29, 1.82) is 0 Å². The second-order valence-corrected chi connectivity index (χ2v) is 8.75. The van der Waals surface area contributed by atoms with Crippen LogP contribution in [0.4, 0.5) is 0 Å². The van der Waals surface area contributed by atoms with Crippen molar-refractivity contribution in [2.45, 2.75) is 72.5 Å². The molecule has 0 aliphatic carbocycles. The van der Waals surface area contributed by atoms with Gasteiger partial charge in [-0.3, -0.25) is 9.59 Å². The number of hydrogen-bond acceptors (Lipinski definition) is 4. The number of nitrogens with zero attached hydrogens (tertiary/aromatic N) is 1. The van der Waals surface area contributed by atoms with Crippen LogP contribution in [0.5, 0.6) is 11.5 Å². The smallest absolute Gasteiger partial charge is 0.243 e. The van der Waals surface area contributed by atoms with E-state index in [2.05, 4.69) is 5.32 Å². The molecular weight excluding hydrogens is 452 g/mol. The number of ether oxygens (including phenoxy) is 2. The fourth-order valence-corrected chi connectivity index (χ4v) is 3.95. The quantitative estimate of drug-likeness (QED) is 0.409. The number of carbonyl (C=O) groups excluding carboxylic acids is 2. The predicted molar refractivity (Wildman–Crippen MR) is 136 cm³/mol. The van der Waals surface area contributed by atoms with Gasteiger partial charge in [-0.05, 0) is 69.9 Å². The van der Waals surface area contributed by atoms with Gasteiger partial charge in [-0.15, -0.1) is 0 Å². The normalized spacial score (nSPS) is 11.7. The summed E-state index contributed by atoms with van der Waals surface area (Å²) in [5.41, 5.74) is 1.78. The molecule has 2 aromatic rings. The lowest BCUT2D eigenvalue weighted by molar-refractivity contribution is -0.141. The third kappa shape index (κ3) is 7.94. The lowest BCUT2D eigenvalue weighted by atomic mass is 10.1. The highest BCUT2D eigenvalue weighted by atomic mass is 35.5. The zero-order chi connectivity index (χ0) is 25.1. The van der Waals surface area contributed by atoms with E-state index in [0.29, 0.717) is 42.6 Å². The van der Waals surface area contributed by atoms with E-state index in [9.17, 15) is 9.59 Å².